The van der Waals surface area contributed by atoms with E-state index >= 15 is 0 Å². The smallest absolute Gasteiger partial charge is 0.245 e. The number of aryl methyl sites for hydroxylation is 1. The van der Waals surface area contributed by atoms with E-state index in [1.54, 1.807) is 13.2 Å². The van der Waals surface area contributed by atoms with Crippen LogP contribution in [0.3, 0.4) is 0 Å². The molecule has 0 bridgehead atoms. The summed E-state index contributed by atoms with van der Waals surface area (Å²) in [6.45, 7) is 3.45. The van der Waals surface area contributed by atoms with Gasteiger partial charge < -0.3 is 9.72 Å². The number of benzene rings is 1. The highest BCUT2D eigenvalue weighted by molar-refractivity contribution is 5.77. The highest BCUT2D eigenvalue weighted by Crippen LogP contribution is 2.30. The number of aromatic amines is 1. The Morgan fingerprint density at radius 1 is 1.35 bits per heavy atom. The summed E-state index contributed by atoms with van der Waals surface area (Å²) in [4.78, 5) is 13.4. The van der Waals surface area contributed by atoms with Crippen molar-refractivity contribution in [3.8, 4) is 16.9 Å². The van der Waals surface area contributed by atoms with Crippen LogP contribution in [0.4, 0.5) is 0 Å². The Bertz CT molecular complexity index is 654. The molecule has 1 heterocycles. The van der Waals surface area contributed by atoms with Crippen LogP contribution in [0, 0.1) is 17.0 Å². The third-order valence-corrected chi connectivity index (χ3v) is 3.13. The Balaban J connectivity index is 2.48. The number of nitrogens with one attached hydrogen (secondary N) is 1. The zero-order valence-electron chi connectivity index (χ0n) is 11.6. The topological polar surface area (TPSA) is 68.2 Å². The van der Waals surface area contributed by atoms with E-state index in [-0.39, 0.29) is 5.70 Å². The maximum atomic E-state index is 10.7. The third kappa shape index (κ3) is 2.71. The molecule has 0 radical (unpaired) electrons. The number of hydrogen-bond donors (Lipinski definition) is 1. The average Bonchev–Trinajstić information content (AvgIpc) is 2.80. The van der Waals surface area contributed by atoms with Crippen molar-refractivity contribution in [3.63, 3.8) is 0 Å². The summed E-state index contributed by atoms with van der Waals surface area (Å²) in [5.74, 6) is 0.778. The van der Waals surface area contributed by atoms with Crippen LogP contribution in [0.25, 0.3) is 17.2 Å². The SMILES string of the molecule is COc1ccc(-c2c(C)c[nH]c2/C=C(\C)[N+](=O)[O-])cc1. The van der Waals surface area contributed by atoms with Gasteiger partial charge in [0.05, 0.1) is 17.7 Å². The Morgan fingerprint density at radius 2 is 2.00 bits per heavy atom. The van der Waals surface area contributed by atoms with E-state index < -0.39 is 4.92 Å². The van der Waals surface area contributed by atoms with Crippen LogP contribution in [-0.2, 0) is 0 Å². The molecule has 1 aromatic heterocycles. The second kappa shape index (κ2) is 5.61. The normalized spacial score (nSPS) is 11.4. The molecule has 104 valence electrons. The van der Waals surface area contributed by atoms with Crippen LogP contribution >= 0.6 is 0 Å². The minimum absolute atomic E-state index is 0.0987. The predicted molar refractivity (Wildman–Crippen MR) is 78.2 cm³/mol. The monoisotopic (exact) mass is 272 g/mol. The lowest BCUT2D eigenvalue weighted by molar-refractivity contribution is -0.422. The van der Waals surface area contributed by atoms with Crippen molar-refractivity contribution in [1.82, 2.24) is 4.98 Å². The largest absolute Gasteiger partial charge is 0.497 e. The highest BCUT2D eigenvalue weighted by atomic mass is 16.6. The van der Waals surface area contributed by atoms with E-state index in [1.807, 2.05) is 37.4 Å². The number of H-pyrrole nitrogens is 1. The van der Waals surface area contributed by atoms with Gasteiger partial charge in [0.2, 0.25) is 5.70 Å². The van der Waals surface area contributed by atoms with Crippen molar-refractivity contribution in [2.45, 2.75) is 13.8 Å². The molecule has 0 aliphatic carbocycles. The molecule has 1 aromatic carbocycles. The summed E-state index contributed by atoms with van der Waals surface area (Å²) >= 11 is 0. The van der Waals surface area contributed by atoms with Gasteiger partial charge in [0.15, 0.2) is 0 Å². The van der Waals surface area contributed by atoms with Crippen molar-refractivity contribution in [1.29, 1.82) is 0 Å². The molecular weight excluding hydrogens is 256 g/mol. The van der Waals surface area contributed by atoms with E-state index in [0.29, 0.717) is 0 Å². The van der Waals surface area contributed by atoms with Crippen LogP contribution in [-0.4, -0.2) is 17.0 Å². The number of rotatable bonds is 4. The van der Waals surface area contributed by atoms with E-state index in [4.69, 9.17) is 4.74 Å². The Labute approximate surface area is 117 Å². The van der Waals surface area contributed by atoms with Crippen molar-refractivity contribution in [3.05, 3.63) is 57.5 Å². The lowest BCUT2D eigenvalue weighted by atomic mass is 10.0. The lowest BCUT2D eigenvalue weighted by Crippen LogP contribution is -1.94. The van der Waals surface area contributed by atoms with Crippen molar-refractivity contribution >= 4 is 6.08 Å². The standard InChI is InChI=1S/C15H16N2O3/c1-10-9-16-14(8-11(2)17(18)19)15(10)12-4-6-13(20-3)7-5-12/h4-9,16H,1-3H3/b11-8+. The molecule has 0 saturated carbocycles. The summed E-state index contributed by atoms with van der Waals surface area (Å²) in [7, 11) is 1.62. The van der Waals surface area contributed by atoms with E-state index in [1.165, 1.54) is 6.92 Å². The van der Waals surface area contributed by atoms with Gasteiger partial charge in [0, 0.05) is 24.8 Å². The van der Waals surface area contributed by atoms with E-state index in [0.717, 1.165) is 28.1 Å². The van der Waals surface area contributed by atoms with Gasteiger partial charge in [-0.15, -0.1) is 0 Å². The minimum atomic E-state index is -0.395. The fourth-order valence-electron chi connectivity index (χ4n) is 2.06. The van der Waals surface area contributed by atoms with Gasteiger partial charge in [-0.3, -0.25) is 10.1 Å². The Morgan fingerprint density at radius 3 is 2.55 bits per heavy atom. The molecule has 0 aliphatic rings. The Kier molecular flexibility index (Phi) is 3.89. The fourth-order valence-corrected chi connectivity index (χ4v) is 2.06. The first-order valence-electron chi connectivity index (χ1n) is 6.18. The fraction of sp³-hybridized carbons (Fsp3) is 0.200. The molecule has 20 heavy (non-hydrogen) atoms. The first kappa shape index (κ1) is 13.9. The zero-order valence-corrected chi connectivity index (χ0v) is 11.6. The second-order valence-electron chi connectivity index (χ2n) is 4.53. The molecule has 1 N–H and O–H groups in total. The van der Waals surface area contributed by atoms with Gasteiger partial charge in [-0.05, 0) is 30.2 Å². The van der Waals surface area contributed by atoms with Crippen molar-refractivity contribution in [2.75, 3.05) is 7.11 Å². The van der Waals surface area contributed by atoms with Crippen LogP contribution in [0.15, 0.2) is 36.2 Å². The van der Waals surface area contributed by atoms with Gasteiger partial charge in [-0.2, -0.15) is 0 Å². The third-order valence-electron chi connectivity index (χ3n) is 3.13. The summed E-state index contributed by atoms with van der Waals surface area (Å²) in [6.07, 6.45) is 3.39. The number of nitro groups is 1. The first-order valence-corrected chi connectivity index (χ1v) is 6.18. The van der Waals surface area contributed by atoms with E-state index in [9.17, 15) is 10.1 Å². The van der Waals surface area contributed by atoms with Gasteiger partial charge >= 0.3 is 0 Å². The zero-order chi connectivity index (χ0) is 14.7. The van der Waals surface area contributed by atoms with Gasteiger partial charge in [0.25, 0.3) is 0 Å². The molecule has 2 rings (SSSR count). The molecular formula is C15H16N2O3. The molecule has 5 heteroatoms. The van der Waals surface area contributed by atoms with Crippen LogP contribution in [0.2, 0.25) is 0 Å². The minimum Gasteiger partial charge on any atom is -0.497 e. The molecule has 0 amide bonds. The number of aromatic nitrogens is 1. The maximum absolute atomic E-state index is 10.7. The van der Waals surface area contributed by atoms with Crippen molar-refractivity contribution < 1.29 is 9.66 Å². The second-order valence-corrected chi connectivity index (χ2v) is 4.53. The molecule has 0 atom stereocenters. The molecule has 0 aliphatic heterocycles. The first-order chi connectivity index (χ1) is 9.52. The summed E-state index contributed by atoms with van der Waals surface area (Å²) < 4.78 is 5.13. The molecule has 2 aromatic rings. The number of nitrogens with zero attached hydrogens (tertiary/aromatic N) is 1. The van der Waals surface area contributed by atoms with Gasteiger partial charge in [-0.1, -0.05) is 12.1 Å². The van der Waals surface area contributed by atoms with Crippen LogP contribution < -0.4 is 4.74 Å². The lowest BCUT2D eigenvalue weighted by Gasteiger charge is -2.05. The summed E-state index contributed by atoms with van der Waals surface area (Å²) in [5, 5.41) is 10.7. The Hall–Kier alpha value is -2.56. The summed E-state index contributed by atoms with van der Waals surface area (Å²) in [6, 6.07) is 7.62. The molecule has 5 nitrogen and oxygen atoms in total. The maximum Gasteiger partial charge on any atom is 0.245 e. The molecule has 0 unspecified atom stereocenters. The number of ether oxygens (including phenoxy) is 1. The number of allylic oxidation sites excluding steroid dienone is 1. The van der Waals surface area contributed by atoms with Crippen molar-refractivity contribution in [2.24, 2.45) is 0 Å². The number of hydrogen-bond acceptors (Lipinski definition) is 3. The van der Waals surface area contributed by atoms with Crippen LogP contribution in [0.5, 0.6) is 5.75 Å². The van der Waals surface area contributed by atoms with Crippen LogP contribution in [0.1, 0.15) is 18.2 Å². The highest BCUT2D eigenvalue weighted by Gasteiger charge is 2.12. The average molecular weight is 272 g/mol. The summed E-state index contributed by atoms with van der Waals surface area (Å²) in [5.41, 5.74) is 3.84. The van der Waals surface area contributed by atoms with Gasteiger partial charge in [0.1, 0.15) is 5.75 Å². The van der Waals surface area contributed by atoms with Gasteiger partial charge in [-0.25, -0.2) is 0 Å². The predicted octanol–water partition coefficient (Wildman–Crippen LogP) is 3.64. The quantitative estimate of drug-likeness (QED) is 0.682. The molecule has 0 fully saturated rings. The molecule has 0 saturated heterocycles. The van der Waals surface area contributed by atoms with E-state index in [2.05, 4.69) is 4.98 Å². The molecule has 0 spiro atoms. The number of methoxy groups -OCH3 is 1.